The first-order valence-corrected chi connectivity index (χ1v) is 5.69. The van der Waals surface area contributed by atoms with Gasteiger partial charge in [-0.25, -0.2) is 9.18 Å². The van der Waals surface area contributed by atoms with Crippen LogP contribution in [0, 0.1) is 5.82 Å². The van der Waals surface area contributed by atoms with Crippen LogP contribution < -0.4 is 4.90 Å². The van der Waals surface area contributed by atoms with E-state index in [1.807, 2.05) is 13.2 Å². The van der Waals surface area contributed by atoms with Gasteiger partial charge in [0.05, 0.1) is 17.4 Å². The number of aromatic nitrogens is 2. The van der Waals surface area contributed by atoms with E-state index in [9.17, 15) is 9.18 Å². The van der Waals surface area contributed by atoms with Crippen LogP contribution in [-0.4, -0.2) is 27.9 Å². The third-order valence-electron chi connectivity index (χ3n) is 2.78. The summed E-state index contributed by atoms with van der Waals surface area (Å²) in [5.41, 5.74) is 1.25. The summed E-state index contributed by atoms with van der Waals surface area (Å²) in [6.07, 6.45) is 3.56. The summed E-state index contributed by atoms with van der Waals surface area (Å²) in [6, 6.07) is 3.88. The third kappa shape index (κ3) is 2.90. The molecule has 0 amide bonds. The fourth-order valence-corrected chi connectivity index (χ4v) is 1.86. The van der Waals surface area contributed by atoms with E-state index in [4.69, 9.17) is 5.11 Å². The molecular weight excluding hydrogens is 249 g/mol. The highest BCUT2D eigenvalue weighted by Crippen LogP contribution is 2.21. The Morgan fingerprint density at radius 1 is 1.53 bits per heavy atom. The maximum Gasteiger partial charge on any atom is 0.335 e. The minimum atomic E-state index is -1.14. The summed E-state index contributed by atoms with van der Waals surface area (Å²) in [7, 11) is 3.55. The monoisotopic (exact) mass is 263 g/mol. The van der Waals surface area contributed by atoms with Crippen LogP contribution in [0.1, 0.15) is 15.9 Å². The molecule has 0 radical (unpaired) electrons. The SMILES string of the molecule is CN(Cc1cnn(C)c1)c1ccc(C(=O)O)cc1F. The zero-order valence-electron chi connectivity index (χ0n) is 10.7. The van der Waals surface area contributed by atoms with E-state index in [1.165, 1.54) is 12.1 Å². The lowest BCUT2D eigenvalue weighted by Crippen LogP contribution is -2.17. The van der Waals surface area contributed by atoms with Crippen LogP contribution in [0.2, 0.25) is 0 Å². The van der Waals surface area contributed by atoms with Crippen molar-refractivity contribution in [1.82, 2.24) is 9.78 Å². The standard InChI is InChI=1S/C13H14FN3O2/c1-16(7-9-6-15-17(2)8-9)12-4-3-10(13(18)19)5-11(12)14/h3-6,8H,7H2,1-2H3,(H,18,19). The highest BCUT2D eigenvalue weighted by atomic mass is 19.1. The lowest BCUT2D eigenvalue weighted by Gasteiger charge is -2.19. The van der Waals surface area contributed by atoms with Gasteiger partial charge in [0.25, 0.3) is 0 Å². The van der Waals surface area contributed by atoms with E-state index in [-0.39, 0.29) is 5.56 Å². The minimum absolute atomic E-state index is 0.0592. The van der Waals surface area contributed by atoms with Crippen LogP contribution in [0.3, 0.4) is 0 Å². The normalized spacial score (nSPS) is 10.5. The molecule has 6 heteroatoms. The molecule has 1 N–H and O–H groups in total. The molecule has 0 unspecified atom stereocenters. The fraction of sp³-hybridized carbons (Fsp3) is 0.231. The first-order valence-electron chi connectivity index (χ1n) is 5.69. The summed E-state index contributed by atoms with van der Waals surface area (Å²) in [4.78, 5) is 12.4. The molecule has 0 saturated carbocycles. The second-order valence-electron chi connectivity index (χ2n) is 4.35. The first kappa shape index (κ1) is 13.1. The first-order chi connectivity index (χ1) is 8.97. The average Bonchev–Trinajstić information content (AvgIpc) is 2.74. The molecule has 0 aliphatic heterocycles. The van der Waals surface area contributed by atoms with Gasteiger partial charge in [-0.2, -0.15) is 5.10 Å². The van der Waals surface area contributed by atoms with Crippen LogP contribution >= 0.6 is 0 Å². The molecular formula is C13H14FN3O2. The van der Waals surface area contributed by atoms with Gasteiger partial charge in [-0.3, -0.25) is 4.68 Å². The number of anilines is 1. The fourth-order valence-electron chi connectivity index (χ4n) is 1.86. The Bertz CT molecular complexity index is 610. The van der Waals surface area contributed by atoms with E-state index >= 15 is 0 Å². The molecule has 1 aromatic heterocycles. The van der Waals surface area contributed by atoms with Crippen molar-refractivity contribution in [1.29, 1.82) is 0 Å². The second-order valence-corrected chi connectivity index (χ2v) is 4.35. The number of carbonyl (C=O) groups is 1. The van der Waals surface area contributed by atoms with Crippen molar-refractivity contribution in [2.45, 2.75) is 6.54 Å². The number of carboxylic acid groups (broad SMARTS) is 1. The average molecular weight is 263 g/mol. The Morgan fingerprint density at radius 3 is 2.79 bits per heavy atom. The number of halogens is 1. The second kappa shape index (κ2) is 5.09. The maximum absolute atomic E-state index is 13.8. The van der Waals surface area contributed by atoms with Gasteiger partial charge >= 0.3 is 5.97 Å². The van der Waals surface area contributed by atoms with Crippen molar-refractivity contribution >= 4 is 11.7 Å². The summed E-state index contributed by atoms with van der Waals surface area (Å²) < 4.78 is 15.5. The summed E-state index contributed by atoms with van der Waals surface area (Å²) in [6.45, 7) is 0.497. The highest BCUT2D eigenvalue weighted by molar-refractivity contribution is 5.88. The van der Waals surface area contributed by atoms with Gasteiger partial charge in [0, 0.05) is 32.4 Å². The molecule has 2 rings (SSSR count). The Balaban J connectivity index is 2.19. The third-order valence-corrected chi connectivity index (χ3v) is 2.78. The predicted octanol–water partition coefficient (Wildman–Crippen LogP) is 1.89. The number of carboxylic acids is 1. The minimum Gasteiger partial charge on any atom is -0.478 e. The zero-order chi connectivity index (χ0) is 14.0. The van der Waals surface area contributed by atoms with Crippen LogP contribution in [0.5, 0.6) is 0 Å². The molecule has 1 heterocycles. The van der Waals surface area contributed by atoms with Crippen molar-refractivity contribution in [2.24, 2.45) is 7.05 Å². The van der Waals surface area contributed by atoms with Crippen molar-refractivity contribution in [3.63, 3.8) is 0 Å². The summed E-state index contributed by atoms with van der Waals surface area (Å²) >= 11 is 0. The topological polar surface area (TPSA) is 58.4 Å². The van der Waals surface area contributed by atoms with Crippen LogP contribution in [-0.2, 0) is 13.6 Å². The number of hydrogen-bond donors (Lipinski definition) is 1. The van der Waals surface area contributed by atoms with E-state index in [2.05, 4.69) is 5.10 Å². The number of rotatable bonds is 4. The molecule has 0 spiro atoms. The van der Waals surface area contributed by atoms with Gasteiger partial charge in [0.2, 0.25) is 0 Å². The molecule has 0 saturated heterocycles. The molecule has 0 atom stereocenters. The molecule has 19 heavy (non-hydrogen) atoms. The van der Waals surface area contributed by atoms with Gasteiger partial charge in [-0.15, -0.1) is 0 Å². The summed E-state index contributed by atoms with van der Waals surface area (Å²) in [5.74, 6) is -1.69. The van der Waals surface area contributed by atoms with Crippen molar-refractivity contribution in [2.75, 3.05) is 11.9 Å². The van der Waals surface area contributed by atoms with Crippen molar-refractivity contribution < 1.29 is 14.3 Å². The molecule has 0 bridgehead atoms. The van der Waals surface area contributed by atoms with Gasteiger partial charge in [0.15, 0.2) is 0 Å². The van der Waals surface area contributed by atoms with Gasteiger partial charge in [0.1, 0.15) is 5.82 Å². The molecule has 0 aliphatic rings. The van der Waals surface area contributed by atoms with Gasteiger partial charge < -0.3 is 10.0 Å². The van der Waals surface area contributed by atoms with Gasteiger partial charge in [-0.1, -0.05) is 0 Å². The van der Waals surface area contributed by atoms with Crippen LogP contribution in [0.15, 0.2) is 30.6 Å². The van der Waals surface area contributed by atoms with Crippen LogP contribution in [0.4, 0.5) is 10.1 Å². The van der Waals surface area contributed by atoms with Gasteiger partial charge in [-0.05, 0) is 18.2 Å². The molecule has 0 aliphatic carbocycles. The predicted molar refractivity (Wildman–Crippen MR) is 68.7 cm³/mol. The smallest absolute Gasteiger partial charge is 0.335 e. The lowest BCUT2D eigenvalue weighted by atomic mass is 10.2. The quantitative estimate of drug-likeness (QED) is 0.915. The Morgan fingerprint density at radius 2 is 2.26 bits per heavy atom. The number of benzene rings is 1. The van der Waals surface area contributed by atoms with E-state index in [0.29, 0.717) is 12.2 Å². The molecule has 1 aromatic carbocycles. The highest BCUT2D eigenvalue weighted by Gasteiger charge is 2.12. The lowest BCUT2D eigenvalue weighted by molar-refractivity contribution is 0.0696. The van der Waals surface area contributed by atoms with E-state index in [1.54, 1.807) is 22.8 Å². The number of aryl methyl sites for hydroxylation is 1. The number of aromatic carboxylic acids is 1. The number of hydrogen-bond acceptors (Lipinski definition) is 3. The summed E-state index contributed by atoms with van der Waals surface area (Å²) in [5, 5.41) is 12.8. The van der Waals surface area contributed by atoms with Crippen LogP contribution in [0.25, 0.3) is 0 Å². The largest absolute Gasteiger partial charge is 0.478 e. The molecule has 100 valence electrons. The van der Waals surface area contributed by atoms with E-state index < -0.39 is 11.8 Å². The Labute approximate surface area is 109 Å². The zero-order valence-corrected chi connectivity index (χ0v) is 10.7. The molecule has 2 aromatic rings. The number of nitrogens with zero attached hydrogens (tertiary/aromatic N) is 3. The molecule has 0 fully saturated rings. The maximum atomic E-state index is 13.8. The van der Waals surface area contributed by atoms with Crippen molar-refractivity contribution in [3.05, 3.63) is 47.5 Å². The van der Waals surface area contributed by atoms with Crippen molar-refractivity contribution in [3.8, 4) is 0 Å². The Hall–Kier alpha value is -2.37. The molecule has 5 nitrogen and oxygen atoms in total. The Kier molecular flexibility index (Phi) is 3.50. The van der Waals surface area contributed by atoms with E-state index in [0.717, 1.165) is 11.6 Å².